The predicted octanol–water partition coefficient (Wildman–Crippen LogP) is 5.99. The first-order valence-corrected chi connectivity index (χ1v) is 12.4. The topological polar surface area (TPSA) is 70.7 Å². The van der Waals surface area contributed by atoms with Crippen molar-refractivity contribution in [3.8, 4) is 5.75 Å². The number of benzene rings is 2. The molecule has 0 aliphatic carbocycles. The highest BCUT2D eigenvalue weighted by atomic mass is 32.2. The lowest BCUT2D eigenvalue weighted by Crippen LogP contribution is -2.38. The summed E-state index contributed by atoms with van der Waals surface area (Å²) in [5.41, 5.74) is 4.11. The van der Waals surface area contributed by atoms with Crippen LogP contribution in [-0.2, 0) is 11.3 Å². The molecule has 1 amide bonds. The zero-order chi connectivity index (χ0) is 24.4. The number of rotatable bonds is 7. The van der Waals surface area contributed by atoms with Gasteiger partial charge in [-0.05, 0) is 41.3 Å². The first kappa shape index (κ1) is 22.9. The van der Waals surface area contributed by atoms with Gasteiger partial charge in [-0.1, -0.05) is 74.1 Å². The van der Waals surface area contributed by atoms with Crippen LogP contribution < -0.4 is 4.74 Å². The molecule has 0 radical (unpaired) electrons. The van der Waals surface area contributed by atoms with E-state index in [-0.39, 0.29) is 11.4 Å². The number of fused-ring (bicyclic) bond motifs is 1. The summed E-state index contributed by atoms with van der Waals surface area (Å²) in [5, 5.41) is 11.3. The van der Waals surface area contributed by atoms with Gasteiger partial charge in [-0.15, -0.1) is 0 Å². The third kappa shape index (κ3) is 4.59. The number of carbonyl (C=O) groups is 1. The van der Waals surface area contributed by atoms with E-state index < -0.39 is 5.91 Å². The molecule has 2 aliphatic heterocycles. The number of nitrogens with one attached hydrogen (secondary N) is 1. The van der Waals surface area contributed by atoms with Crippen LogP contribution >= 0.6 is 11.8 Å². The van der Waals surface area contributed by atoms with Gasteiger partial charge in [0.15, 0.2) is 5.17 Å². The van der Waals surface area contributed by atoms with Gasteiger partial charge in [-0.3, -0.25) is 15.1 Å². The standard InChI is InChI=1S/C28H26N4O2S/c1-19(2)22-12-6-7-13-25(22)34-16-15-31-14-8-11-21(31)17-23-26(29)32-24(20-9-4-3-5-10-20)18-35-28(32)30-27(23)33/h3-14,17-19,29H,15-16H2,1-2H3/b23-17-,29-26?. The Hall–Kier alpha value is -3.84. The summed E-state index contributed by atoms with van der Waals surface area (Å²) in [6.45, 7) is 5.41. The van der Waals surface area contributed by atoms with E-state index in [4.69, 9.17) is 10.1 Å². The lowest BCUT2D eigenvalue weighted by molar-refractivity contribution is -0.114. The normalized spacial score (nSPS) is 16.5. The van der Waals surface area contributed by atoms with Crippen molar-refractivity contribution in [1.82, 2.24) is 9.47 Å². The molecule has 35 heavy (non-hydrogen) atoms. The monoisotopic (exact) mass is 482 g/mol. The van der Waals surface area contributed by atoms with Gasteiger partial charge in [0.2, 0.25) is 0 Å². The molecule has 0 bridgehead atoms. The third-order valence-electron chi connectivity index (χ3n) is 5.97. The van der Waals surface area contributed by atoms with Crippen molar-refractivity contribution in [1.29, 1.82) is 5.41 Å². The van der Waals surface area contributed by atoms with Gasteiger partial charge in [0.1, 0.15) is 18.2 Å². The van der Waals surface area contributed by atoms with Crippen molar-refractivity contribution in [2.24, 2.45) is 4.99 Å². The molecule has 6 nitrogen and oxygen atoms in total. The molecule has 176 valence electrons. The highest BCUT2D eigenvalue weighted by Crippen LogP contribution is 2.37. The minimum atomic E-state index is -0.397. The van der Waals surface area contributed by atoms with Crippen LogP contribution in [0.3, 0.4) is 0 Å². The van der Waals surface area contributed by atoms with Crippen LogP contribution in [0.15, 0.2) is 88.9 Å². The van der Waals surface area contributed by atoms with Crippen LogP contribution in [0.25, 0.3) is 11.8 Å². The van der Waals surface area contributed by atoms with E-state index in [1.807, 2.05) is 76.8 Å². The molecule has 0 atom stereocenters. The predicted molar refractivity (Wildman–Crippen MR) is 142 cm³/mol. The molecule has 0 fully saturated rings. The largest absolute Gasteiger partial charge is 0.491 e. The van der Waals surface area contributed by atoms with Gasteiger partial charge in [0.05, 0.1) is 17.8 Å². The molecule has 0 saturated heterocycles. The van der Waals surface area contributed by atoms with Gasteiger partial charge in [-0.25, -0.2) is 0 Å². The number of nitrogens with zero attached hydrogens (tertiary/aromatic N) is 3. The van der Waals surface area contributed by atoms with Gasteiger partial charge >= 0.3 is 0 Å². The number of aliphatic imine (C=N–C) groups is 1. The Morgan fingerprint density at radius 2 is 1.83 bits per heavy atom. The lowest BCUT2D eigenvalue weighted by Gasteiger charge is -2.27. The summed E-state index contributed by atoms with van der Waals surface area (Å²) >= 11 is 1.37. The zero-order valence-electron chi connectivity index (χ0n) is 19.6. The molecule has 0 saturated carbocycles. The Kier molecular flexibility index (Phi) is 6.42. The number of para-hydroxylation sites is 1. The Labute approximate surface area is 209 Å². The third-order valence-corrected chi connectivity index (χ3v) is 6.80. The van der Waals surface area contributed by atoms with Crippen LogP contribution in [0.1, 0.15) is 36.6 Å². The fourth-order valence-corrected chi connectivity index (χ4v) is 5.06. The Morgan fingerprint density at radius 3 is 2.63 bits per heavy atom. The van der Waals surface area contributed by atoms with Crippen molar-refractivity contribution in [3.05, 3.63) is 101 Å². The van der Waals surface area contributed by atoms with Crippen LogP contribution in [0.2, 0.25) is 0 Å². The van der Waals surface area contributed by atoms with Crippen molar-refractivity contribution >= 4 is 40.4 Å². The van der Waals surface area contributed by atoms with Gasteiger partial charge in [-0.2, -0.15) is 4.99 Å². The average Bonchev–Trinajstić information content (AvgIpc) is 3.49. The maximum absolute atomic E-state index is 12.8. The van der Waals surface area contributed by atoms with Gasteiger partial charge in [0.25, 0.3) is 5.91 Å². The summed E-state index contributed by atoms with van der Waals surface area (Å²) in [5.74, 6) is 1.01. The molecule has 2 aromatic carbocycles. The molecule has 7 heteroatoms. The molecular weight excluding hydrogens is 456 g/mol. The molecule has 1 aromatic heterocycles. The van der Waals surface area contributed by atoms with Crippen LogP contribution in [-0.4, -0.2) is 33.0 Å². The number of ether oxygens (including phenoxy) is 1. The fraction of sp³-hybridized carbons (Fsp3) is 0.179. The molecule has 5 rings (SSSR count). The summed E-state index contributed by atoms with van der Waals surface area (Å²) in [6.07, 6.45) is 3.70. The minimum Gasteiger partial charge on any atom is -0.491 e. The summed E-state index contributed by atoms with van der Waals surface area (Å²) in [6, 6.07) is 21.8. The number of thioether (sulfide) groups is 1. The van der Waals surface area contributed by atoms with E-state index in [0.717, 1.165) is 22.7 Å². The smallest absolute Gasteiger partial charge is 0.283 e. The Morgan fingerprint density at radius 1 is 1.06 bits per heavy atom. The summed E-state index contributed by atoms with van der Waals surface area (Å²) in [7, 11) is 0. The second-order valence-electron chi connectivity index (χ2n) is 8.60. The average molecular weight is 483 g/mol. The van der Waals surface area contributed by atoms with Crippen LogP contribution in [0, 0.1) is 5.41 Å². The van der Waals surface area contributed by atoms with Crippen molar-refractivity contribution < 1.29 is 9.53 Å². The van der Waals surface area contributed by atoms with E-state index in [1.54, 1.807) is 11.0 Å². The molecule has 0 spiro atoms. The zero-order valence-corrected chi connectivity index (χ0v) is 20.5. The van der Waals surface area contributed by atoms with E-state index in [1.165, 1.54) is 17.3 Å². The molecule has 0 unspecified atom stereocenters. The van der Waals surface area contributed by atoms with E-state index >= 15 is 0 Å². The molecule has 2 aliphatic rings. The van der Waals surface area contributed by atoms with Crippen molar-refractivity contribution in [3.63, 3.8) is 0 Å². The SMILES string of the molecule is CC(C)c1ccccc1OCCn1cccc1/C=C1/C(=N)N2C(c3ccccc3)=CSC2=NC1=O. The first-order chi connectivity index (χ1) is 17.0. The molecular formula is C28H26N4O2S. The van der Waals surface area contributed by atoms with Crippen LogP contribution in [0.5, 0.6) is 5.75 Å². The second-order valence-corrected chi connectivity index (χ2v) is 9.43. The highest BCUT2D eigenvalue weighted by Gasteiger charge is 2.36. The molecule has 3 aromatic rings. The Balaban J connectivity index is 1.35. The molecule has 3 heterocycles. The number of amidine groups is 2. The fourth-order valence-electron chi connectivity index (χ4n) is 4.17. The first-order valence-electron chi connectivity index (χ1n) is 11.6. The highest BCUT2D eigenvalue weighted by molar-refractivity contribution is 8.17. The Bertz CT molecular complexity index is 1370. The van der Waals surface area contributed by atoms with Gasteiger partial charge < -0.3 is 9.30 Å². The number of hydrogen-bond acceptors (Lipinski definition) is 4. The number of carbonyl (C=O) groups excluding carboxylic acids is 1. The van der Waals surface area contributed by atoms with E-state index in [2.05, 4.69) is 24.9 Å². The summed E-state index contributed by atoms with van der Waals surface area (Å²) < 4.78 is 8.11. The van der Waals surface area contributed by atoms with E-state index in [0.29, 0.717) is 24.2 Å². The number of hydrogen-bond donors (Lipinski definition) is 1. The maximum atomic E-state index is 12.8. The number of amides is 1. The minimum absolute atomic E-state index is 0.134. The van der Waals surface area contributed by atoms with E-state index in [9.17, 15) is 4.79 Å². The van der Waals surface area contributed by atoms with Crippen molar-refractivity contribution in [2.75, 3.05) is 6.61 Å². The second kappa shape index (κ2) is 9.80. The van der Waals surface area contributed by atoms with Crippen molar-refractivity contribution in [2.45, 2.75) is 26.3 Å². The quantitative estimate of drug-likeness (QED) is 0.420. The summed E-state index contributed by atoms with van der Waals surface area (Å²) in [4.78, 5) is 18.8. The van der Waals surface area contributed by atoms with Crippen LogP contribution in [0.4, 0.5) is 0 Å². The van der Waals surface area contributed by atoms with Gasteiger partial charge in [0, 0.05) is 17.3 Å². The maximum Gasteiger partial charge on any atom is 0.283 e. The number of aromatic nitrogens is 1. The lowest BCUT2D eigenvalue weighted by atomic mass is 10.0. The molecule has 1 N–H and O–H groups in total.